The van der Waals surface area contributed by atoms with Crippen LogP contribution in [0.25, 0.3) is 0 Å². The number of hydrogen-bond donors (Lipinski definition) is 1. The maximum absolute atomic E-state index is 12.8. The number of nitro groups is 1. The number of nitrogens with zero attached hydrogens (tertiary/aromatic N) is 1. The maximum atomic E-state index is 12.8. The summed E-state index contributed by atoms with van der Waals surface area (Å²) in [5.41, 5.74) is -0.789. The van der Waals surface area contributed by atoms with E-state index in [2.05, 4.69) is 4.72 Å². The van der Waals surface area contributed by atoms with Gasteiger partial charge in [0.25, 0.3) is 5.69 Å². The summed E-state index contributed by atoms with van der Waals surface area (Å²) in [6.45, 7) is 0. The van der Waals surface area contributed by atoms with Crippen LogP contribution >= 0.6 is 35.1 Å². The number of nitrogens with one attached hydrogen (secondary N) is 1. The monoisotopic (exact) mass is 382 g/mol. The van der Waals surface area contributed by atoms with Crippen molar-refractivity contribution in [3.05, 3.63) is 62.1 Å². The molecule has 10 heteroatoms. The van der Waals surface area contributed by atoms with Crippen LogP contribution in [0.15, 0.2) is 41.3 Å². The van der Waals surface area contributed by atoms with Crippen molar-refractivity contribution < 1.29 is 18.1 Å². The van der Waals surface area contributed by atoms with Crippen molar-refractivity contribution in [1.29, 1.82) is 0 Å². The second-order valence-electron chi connectivity index (χ2n) is 4.26. The van der Waals surface area contributed by atoms with Crippen molar-refractivity contribution in [3.63, 3.8) is 0 Å². The molecule has 0 aliphatic rings. The third kappa shape index (κ3) is 4.43. The molecule has 0 radical (unpaired) electrons. The van der Waals surface area contributed by atoms with Crippen LogP contribution in [-0.2, 0) is 6.18 Å². The SMILES string of the molecule is O=[N+]([O-])c1ccc(NSc2ccc(Cl)c(C(F)(F)F)c2)c(Cl)c1. The molecule has 23 heavy (non-hydrogen) atoms. The van der Waals surface area contributed by atoms with Gasteiger partial charge in [-0.15, -0.1) is 0 Å². The number of nitro benzene ring substituents is 1. The number of benzene rings is 2. The van der Waals surface area contributed by atoms with E-state index < -0.39 is 21.7 Å². The smallest absolute Gasteiger partial charge is 0.324 e. The van der Waals surface area contributed by atoms with E-state index in [1.807, 2.05) is 0 Å². The Hall–Kier alpha value is -1.64. The quantitative estimate of drug-likeness (QED) is 0.397. The van der Waals surface area contributed by atoms with E-state index in [9.17, 15) is 23.3 Å². The van der Waals surface area contributed by atoms with E-state index in [4.69, 9.17) is 23.2 Å². The molecule has 0 unspecified atom stereocenters. The Labute approximate surface area is 142 Å². The Bertz CT molecular complexity index is 756. The molecule has 0 fully saturated rings. The van der Waals surface area contributed by atoms with Crippen LogP contribution in [-0.4, -0.2) is 4.92 Å². The molecular weight excluding hydrogens is 376 g/mol. The highest BCUT2D eigenvalue weighted by molar-refractivity contribution is 8.00. The molecule has 0 spiro atoms. The second-order valence-corrected chi connectivity index (χ2v) is 5.96. The Morgan fingerprint density at radius 1 is 1.09 bits per heavy atom. The van der Waals surface area contributed by atoms with Crippen LogP contribution in [0, 0.1) is 10.1 Å². The highest BCUT2D eigenvalue weighted by atomic mass is 35.5. The van der Waals surface area contributed by atoms with Gasteiger partial charge in [-0.05, 0) is 36.2 Å². The molecule has 0 heterocycles. The lowest BCUT2D eigenvalue weighted by Crippen LogP contribution is -2.06. The first-order chi connectivity index (χ1) is 10.7. The lowest BCUT2D eigenvalue weighted by molar-refractivity contribution is -0.384. The molecule has 2 rings (SSSR count). The Morgan fingerprint density at radius 3 is 2.35 bits per heavy atom. The average molecular weight is 383 g/mol. The van der Waals surface area contributed by atoms with Gasteiger partial charge in [-0.2, -0.15) is 13.2 Å². The van der Waals surface area contributed by atoms with Crippen LogP contribution in [0.3, 0.4) is 0 Å². The molecule has 0 atom stereocenters. The van der Waals surface area contributed by atoms with Crippen LogP contribution in [0.5, 0.6) is 0 Å². The van der Waals surface area contributed by atoms with Gasteiger partial charge in [0.1, 0.15) is 0 Å². The van der Waals surface area contributed by atoms with Crippen LogP contribution in [0.2, 0.25) is 10.0 Å². The van der Waals surface area contributed by atoms with E-state index in [1.54, 1.807) is 0 Å². The van der Waals surface area contributed by atoms with Crippen molar-refractivity contribution in [3.8, 4) is 0 Å². The average Bonchev–Trinajstić information content (AvgIpc) is 2.46. The molecule has 0 amide bonds. The number of non-ortho nitro benzene ring substituents is 1. The normalized spacial score (nSPS) is 11.3. The Morgan fingerprint density at radius 2 is 1.78 bits per heavy atom. The van der Waals surface area contributed by atoms with Gasteiger partial charge in [0.05, 0.1) is 26.2 Å². The van der Waals surface area contributed by atoms with Gasteiger partial charge < -0.3 is 4.72 Å². The highest BCUT2D eigenvalue weighted by Gasteiger charge is 2.33. The summed E-state index contributed by atoms with van der Waals surface area (Å²) in [5, 5.41) is 10.3. The van der Waals surface area contributed by atoms with Gasteiger partial charge in [-0.25, -0.2) is 0 Å². The summed E-state index contributed by atoms with van der Waals surface area (Å²) in [4.78, 5) is 10.3. The highest BCUT2D eigenvalue weighted by Crippen LogP contribution is 2.37. The number of halogens is 5. The number of rotatable bonds is 4. The fourth-order valence-corrected chi connectivity index (χ4v) is 2.82. The minimum Gasteiger partial charge on any atom is -0.324 e. The van der Waals surface area contributed by atoms with Gasteiger partial charge in [0.15, 0.2) is 0 Å². The first kappa shape index (κ1) is 17.7. The van der Waals surface area contributed by atoms with Gasteiger partial charge in [0, 0.05) is 17.0 Å². The minimum atomic E-state index is -4.56. The van der Waals surface area contributed by atoms with Gasteiger partial charge in [-0.3, -0.25) is 10.1 Å². The molecule has 0 saturated carbocycles. The molecule has 122 valence electrons. The number of alkyl halides is 3. The van der Waals surface area contributed by atoms with Crippen molar-refractivity contribution in [1.82, 2.24) is 0 Å². The topological polar surface area (TPSA) is 55.2 Å². The largest absolute Gasteiger partial charge is 0.417 e. The van der Waals surface area contributed by atoms with Crippen LogP contribution < -0.4 is 4.72 Å². The molecule has 4 nitrogen and oxygen atoms in total. The molecule has 1 N–H and O–H groups in total. The zero-order chi connectivity index (χ0) is 17.2. The maximum Gasteiger partial charge on any atom is 0.417 e. The Kier molecular flexibility index (Phi) is 5.28. The fourth-order valence-electron chi connectivity index (χ4n) is 1.60. The van der Waals surface area contributed by atoms with Crippen LogP contribution in [0.4, 0.5) is 24.5 Å². The zero-order valence-electron chi connectivity index (χ0n) is 11.0. The molecule has 2 aromatic carbocycles. The predicted octanol–water partition coefficient (Wildman–Crippen LogP) is 6.04. The molecule has 0 aromatic heterocycles. The minimum absolute atomic E-state index is 0.0803. The fraction of sp³-hybridized carbons (Fsp3) is 0.0769. The number of anilines is 1. The summed E-state index contributed by atoms with van der Waals surface area (Å²) in [5.74, 6) is 0. The number of hydrogen-bond acceptors (Lipinski definition) is 4. The molecule has 0 bridgehead atoms. The summed E-state index contributed by atoms with van der Waals surface area (Å²) in [7, 11) is 0. The summed E-state index contributed by atoms with van der Waals surface area (Å²) in [6, 6.07) is 7.21. The summed E-state index contributed by atoms with van der Waals surface area (Å²) < 4.78 is 41.1. The van der Waals surface area contributed by atoms with E-state index in [-0.39, 0.29) is 15.6 Å². The predicted molar refractivity (Wildman–Crippen MR) is 84.0 cm³/mol. The van der Waals surface area contributed by atoms with E-state index in [0.717, 1.165) is 30.1 Å². The standard InChI is InChI=1S/C13H7Cl2F3N2O2S/c14-10-3-2-8(6-9(10)13(16,17)18)23-19-12-4-1-7(20(21)22)5-11(12)15/h1-6,19H. The first-order valence-electron chi connectivity index (χ1n) is 5.92. The third-order valence-corrected chi connectivity index (χ3v) is 4.14. The second kappa shape index (κ2) is 6.86. The van der Waals surface area contributed by atoms with E-state index >= 15 is 0 Å². The first-order valence-corrected chi connectivity index (χ1v) is 7.49. The summed E-state index contributed by atoms with van der Waals surface area (Å²) >= 11 is 12.3. The molecular formula is C13H7Cl2F3N2O2S. The third-order valence-electron chi connectivity index (χ3n) is 2.69. The van der Waals surface area contributed by atoms with Gasteiger partial charge >= 0.3 is 6.18 Å². The van der Waals surface area contributed by atoms with Gasteiger partial charge in [-0.1, -0.05) is 23.2 Å². The van der Waals surface area contributed by atoms with Crippen molar-refractivity contribution in [2.24, 2.45) is 0 Å². The molecule has 0 saturated heterocycles. The molecule has 2 aromatic rings. The van der Waals surface area contributed by atoms with E-state index in [0.29, 0.717) is 5.69 Å². The van der Waals surface area contributed by atoms with E-state index in [1.165, 1.54) is 18.2 Å². The summed E-state index contributed by atoms with van der Waals surface area (Å²) in [6.07, 6.45) is -4.56. The Balaban J connectivity index is 2.17. The van der Waals surface area contributed by atoms with Crippen molar-refractivity contribution >= 4 is 46.5 Å². The molecule has 0 aliphatic carbocycles. The lowest BCUT2D eigenvalue weighted by atomic mass is 10.2. The van der Waals surface area contributed by atoms with Gasteiger partial charge in [0.2, 0.25) is 0 Å². The van der Waals surface area contributed by atoms with Crippen molar-refractivity contribution in [2.45, 2.75) is 11.1 Å². The molecule has 0 aliphatic heterocycles. The van der Waals surface area contributed by atoms with Crippen LogP contribution in [0.1, 0.15) is 5.56 Å². The lowest BCUT2D eigenvalue weighted by Gasteiger charge is -2.11. The zero-order valence-corrected chi connectivity index (χ0v) is 13.4. The van der Waals surface area contributed by atoms with Crippen molar-refractivity contribution in [2.75, 3.05) is 4.72 Å².